The normalized spacial score (nSPS) is 11.9. The van der Waals surface area contributed by atoms with Crippen LogP contribution in [0, 0.1) is 0 Å². The number of hydrogen-bond donors (Lipinski definition) is 0. The lowest BCUT2D eigenvalue weighted by Gasteiger charge is -2.06. The van der Waals surface area contributed by atoms with Crippen LogP contribution < -0.4 is 0 Å². The third-order valence-electron chi connectivity index (χ3n) is 1.63. The van der Waals surface area contributed by atoms with E-state index >= 15 is 0 Å². The highest BCUT2D eigenvalue weighted by molar-refractivity contribution is 5.97. The first kappa shape index (κ1) is 13.1. The van der Waals surface area contributed by atoms with Crippen molar-refractivity contribution in [1.29, 1.82) is 0 Å². The predicted octanol–water partition coefficient (Wildman–Crippen LogP) is 0.962. The van der Waals surface area contributed by atoms with E-state index in [0.29, 0.717) is 13.0 Å². The second kappa shape index (κ2) is 7.50. The zero-order chi connectivity index (χ0) is 11.0. The molecule has 0 radical (unpaired) electrons. The molecule has 0 aliphatic carbocycles. The molecular weight excluding hydrogens is 180 g/mol. The summed E-state index contributed by atoms with van der Waals surface area (Å²) in [5.74, 6) is -0.196. The van der Waals surface area contributed by atoms with Crippen molar-refractivity contribution in [2.75, 3.05) is 33.8 Å². The highest BCUT2D eigenvalue weighted by Gasteiger charge is 2.03. The molecule has 0 aromatic rings. The van der Waals surface area contributed by atoms with Gasteiger partial charge in [0.25, 0.3) is 0 Å². The molecule has 0 N–H and O–H groups in total. The number of nitrogens with zero attached hydrogens (tertiary/aromatic N) is 2. The molecule has 0 unspecified atom stereocenters. The molecular formula is C10H20N2O2. The fourth-order valence-corrected chi connectivity index (χ4v) is 0.918. The highest BCUT2D eigenvalue weighted by Crippen LogP contribution is 1.91. The summed E-state index contributed by atoms with van der Waals surface area (Å²) >= 11 is 0. The van der Waals surface area contributed by atoms with E-state index in [1.165, 1.54) is 0 Å². The van der Waals surface area contributed by atoms with E-state index in [9.17, 15) is 4.79 Å². The van der Waals surface area contributed by atoms with Crippen molar-refractivity contribution in [3.8, 4) is 0 Å². The van der Waals surface area contributed by atoms with Crippen molar-refractivity contribution < 1.29 is 9.53 Å². The third-order valence-corrected chi connectivity index (χ3v) is 1.63. The molecule has 0 aromatic heterocycles. The molecule has 82 valence electrons. The molecule has 0 atom stereocenters. The van der Waals surface area contributed by atoms with Crippen LogP contribution in [0.25, 0.3) is 0 Å². The van der Waals surface area contributed by atoms with Gasteiger partial charge in [0, 0.05) is 12.3 Å². The van der Waals surface area contributed by atoms with Gasteiger partial charge < -0.3 is 9.64 Å². The lowest BCUT2D eigenvalue weighted by molar-refractivity contribution is -0.141. The SMILES string of the molecule is CCOC(=O)CC(C)=NCCN(C)C. The predicted molar refractivity (Wildman–Crippen MR) is 57.8 cm³/mol. The zero-order valence-corrected chi connectivity index (χ0v) is 9.54. The van der Waals surface area contributed by atoms with Gasteiger partial charge in [0.15, 0.2) is 0 Å². The molecule has 0 aliphatic rings. The smallest absolute Gasteiger partial charge is 0.311 e. The van der Waals surface area contributed by atoms with Gasteiger partial charge in [0.05, 0.1) is 19.6 Å². The maximum absolute atomic E-state index is 11.0. The van der Waals surface area contributed by atoms with Crippen LogP contribution in [0.3, 0.4) is 0 Å². The van der Waals surface area contributed by atoms with Crippen LogP contribution in [0.5, 0.6) is 0 Å². The fourth-order valence-electron chi connectivity index (χ4n) is 0.918. The van der Waals surface area contributed by atoms with Gasteiger partial charge in [-0.15, -0.1) is 0 Å². The summed E-state index contributed by atoms with van der Waals surface area (Å²) in [5.41, 5.74) is 0.838. The van der Waals surface area contributed by atoms with Crippen molar-refractivity contribution >= 4 is 11.7 Å². The van der Waals surface area contributed by atoms with Gasteiger partial charge in [-0.1, -0.05) is 0 Å². The van der Waals surface area contributed by atoms with E-state index < -0.39 is 0 Å². The average molecular weight is 200 g/mol. The summed E-state index contributed by atoms with van der Waals surface area (Å²) in [6.45, 7) is 5.73. The van der Waals surface area contributed by atoms with Gasteiger partial charge in [-0.25, -0.2) is 0 Å². The zero-order valence-electron chi connectivity index (χ0n) is 9.54. The number of carbonyl (C=O) groups excluding carboxylic acids is 1. The van der Waals surface area contributed by atoms with E-state index in [1.54, 1.807) is 6.92 Å². The van der Waals surface area contributed by atoms with Crippen LogP contribution in [0.2, 0.25) is 0 Å². The van der Waals surface area contributed by atoms with Crippen LogP contribution in [0.4, 0.5) is 0 Å². The van der Waals surface area contributed by atoms with Crippen LogP contribution in [0.15, 0.2) is 4.99 Å². The Balaban J connectivity index is 3.71. The van der Waals surface area contributed by atoms with E-state index in [1.807, 2.05) is 21.0 Å². The molecule has 4 heteroatoms. The number of likely N-dealkylation sites (N-methyl/N-ethyl adjacent to an activating group) is 1. The minimum atomic E-state index is -0.196. The second-order valence-corrected chi connectivity index (χ2v) is 3.40. The molecule has 0 saturated carbocycles. The van der Waals surface area contributed by atoms with Crippen LogP contribution in [-0.4, -0.2) is 50.4 Å². The van der Waals surface area contributed by atoms with Crippen molar-refractivity contribution in [2.24, 2.45) is 4.99 Å². The first-order chi connectivity index (χ1) is 6.56. The summed E-state index contributed by atoms with van der Waals surface area (Å²) in [6.07, 6.45) is 0.307. The van der Waals surface area contributed by atoms with Gasteiger partial charge in [0.2, 0.25) is 0 Å². The van der Waals surface area contributed by atoms with E-state index in [0.717, 1.165) is 18.8 Å². The standard InChI is InChI=1S/C10H20N2O2/c1-5-14-10(13)8-9(2)11-6-7-12(3)4/h5-8H2,1-4H3. The Hall–Kier alpha value is -0.900. The van der Waals surface area contributed by atoms with Crippen molar-refractivity contribution in [2.45, 2.75) is 20.3 Å². The molecule has 0 amide bonds. The summed E-state index contributed by atoms with van der Waals surface area (Å²) in [6, 6.07) is 0. The molecule has 0 heterocycles. The Morgan fingerprint density at radius 2 is 2.07 bits per heavy atom. The molecule has 0 spiro atoms. The molecule has 0 rings (SSSR count). The molecule has 0 bridgehead atoms. The summed E-state index contributed by atoms with van der Waals surface area (Å²) in [4.78, 5) is 17.4. The third kappa shape index (κ3) is 7.73. The van der Waals surface area contributed by atoms with Gasteiger partial charge in [0.1, 0.15) is 0 Å². The minimum Gasteiger partial charge on any atom is -0.466 e. The fraction of sp³-hybridized carbons (Fsp3) is 0.800. The van der Waals surface area contributed by atoms with E-state index in [4.69, 9.17) is 4.74 Å². The number of esters is 1. The molecule has 0 saturated heterocycles. The van der Waals surface area contributed by atoms with Gasteiger partial charge in [-0.2, -0.15) is 0 Å². The molecule has 0 aromatic carbocycles. The minimum absolute atomic E-state index is 0.196. The first-order valence-corrected chi connectivity index (χ1v) is 4.86. The quantitative estimate of drug-likeness (QED) is 0.474. The molecule has 0 aliphatic heterocycles. The molecule has 14 heavy (non-hydrogen) atoms. The summed E-state index contributed by atoms with van der Waals surface area (Å²) in [7, 11) is 3.99. The highest BCUT2D eigenvalue weighted by atomic mass is 16.5. The number of rotatable bonds is 6. The number of hydrogen-bond acceptors (Lipinski definition) is 4. The monoisotopic (exact) mass is 200 g/mol. The van der Waals surface area contributed by atoms with Gasteiger partial charge in [-0.3, -0.25) is 9.79 Å². The van der Waals surface area contributed by atoms with Crippen molar-refractivity contribution in [1.82, 2.24) is 4.90 Å². The summed E-state index contributed by atoms with van der Waals surface area (Å²) in [5, 5.41) is 0. The Morgan fingerprint density at radius 3 is 2.57 bits per heavy atom. The maximum Gasteiger partial charge on any atom is 0.311 e. The number of ether oxygens (including phenoxy) is 1. The van der Waals surface area contributed by atoms with Gasteiger partial charge in [-0.05, 0) is 27.9 Å². The first-order valence-electron chi connectivity index (χ1n) is 4.86. The topological polar surface area (TPSA) is 41.9 Å². The maximum atomic E-state index is 11.0. The number of aliphatic imine (C=N–C) groups is 1. The van der Waals surface area contributed by atoms with Crippen LogP contribution >= 0.6 is 0 Å². The largest absolute Gasteiger partial charge is 0.466 e. The summed E-state index contributed by atoms with van der Waals surface area (Å²) < 4.78 is 4.81. The molecule has 4 nitrogen and oxygen atoms in total. The van der Waals surface area contributed by atoms with Crippen LogP contribution in [-0.2, 0) is 9.53 Å². The Morgan fingerprint density at radius 1 is 1.43 bits per heavy atom. The van der Waals surface area contributed by atoms with Gasteiger partial charge >= 0.3 is 5.97 Å². The van der Waals surface area contributed by atoms with E-state index in [-0.39, 0.29) is 5.97 Å². The Labute approximate surface area is 86.0 Å². The lowest BCUT2D eigenvalue weighted by Crippen LogP contribution is -2.16. The average Bonchev–Trinajstić information content (AvgIpc) is 2.03. The second-order valence-electron chi connectivity index (χ2n) is 3.40. The van der Waals surface area contributed by atoms with Crippen molar-refractivity contribution in [3.05, 3.63) is 0 Å². The Kier molecular flexibility index (Phi) is 7.02. The van der Waals surface area contributed by atoms with Crippen LogP contribution in [0.1, 0.15) is 20.3 Å². The van der Waals surface area contributed by atoms with E-state index in [2.05, 4.69) is 9.89 Å². The Bertz CT molecular complexity index is 200. The van der Waals surface area contributed by atoms with Crippen molar-refractivity contribution in [3.63, 3.8) is 0 Å². The molecule has 0 fully saturated rings. The number of carbonyl (C=O) groups is 1. The lowest BCUT2D eigenvalue weighted by atomic mass is 10.3.